The molecule has 6 heteroatoms. The maximum atomic E-state index is 5.61. The molecule has 0 radical (unpaired) electrons. The zero-order chi connectivity index (χ0) is 20.9. The van der Waals surface area contributed by atoms with Crippen molar-refractivity contribution < 1.29 is 4.74 Å². The van der Waals surface area contributed by atoms with Crippen molar-refractivity contribution in [2.45, 2.75) is 25.5 Å². The molecule has 3 aliphatic rings. The average molecular weight is 418 g/mol. The van der Waals surface area contributed by atoms with E-state index in [-0.39, 0.29) is 6.10 Å². The molecule has 1 saturated heterocycles. The third-order valence-corrected chi connectivity index (χ3v) is 6.30. The van der Waals surface area contributed by atoms with Crippen molar-refractivity contribution in [2.75, 3.05) is 44.2 Å². The molecule has 0 bridgehead atoms. The van der Waals surface area contributed by atoms with Crippen LogP contribution in [0.2, 0.25) is 0 Å². The molecule has 0 saturated carbocycles. The third-order valence-electron chi connectivity index (χ3n) is 6.30. The van der Waals surface area contributed by atoms with Gasteiger partial charge in [0.05, 0.1) is 24.5 Å². The summed E-state index contributed by atoms with van der Waals surface area (Å²) in [5.74, 6) is 0. The minimum absolute atomic E-state index is 0.197. The standard InChI is InChI=1S/C25H31N5O/c1-2-18-31-24(3-1)6-4-21-8-12-29(13-9-21)23-5-7-25-22(19-23)20-27-30(25)17-16-28-14-10-26-11-15-28/h1-3,5,7-9,12,18-20,24,26H,4,6,10-11,13-17H2. The first-order valence-corrected chi connectivity index (χ1v) is 11.4. The predicted molar refractivity (Wildman–Crippen MR) is 126 cm³/mol. The number of hydrogen-bond donors (Lipinski definition) is 1. The Morgan fingerprint density at radius 1 is 1.13 bits per heavy atom. The molecule has 1 aromatic heterocycles. The van der Waals surface area contributed by atoms with E-state index in [1.807, 2.05) is 12.3 Å². The lowest BCUT2D eigenvalue weighted by Gasteiger charge is -2.27. The second-order valence-electron chi connectivity index (χ2n) is 8.38. The molecule has 1 unspecified atom stereocenters. The van der Waals surface area contributed by atoms with E-state index in [1.54, 1.807) is 6.26 Å². The van der Waals surface area contributed by atoms with Gasteiger partial charge in [-0.15, -0.1) is 0 Å². The molecule has 0 spiro atoms. The van der Waals surface area contributed by atoms with Crippen molar-refractivity contribution >= 4 is 16.6 Å². The maximum absolute atomic E-state index is 5.61. The molecule has 1 atom stereocenters. The average Bonchev–Trinajstić information content (AvgIpc) is 3.25. The van der Waals surface area contributed by atoms with E-state index in [1.165, 1.54) is 22.2 Å². The van der Waals surface area contributed by atoms with Crippen LogP contribution in [0.15, 0.2) is 72.8 Å². The molecule has 2 aromatic rings. The predicted octanol–water partition coefficient (Wildman–Crippen LogP) is 3.45. The van der Waals surface area contributed by atoms with E-state index in [4.69, 9.17) is 4.74 Å². The second kappa shape index (κ2) is 9.54. The number of nitrogens with one attached hydrogen (secondary N) is 1. The van der Waals surface area contributed by atoms with E-state index in [9.17, 15) is 0 Å². The van der Waals surface area contributed by atoms with Gasteiger partial charge >= 0.3 is 0 Å². The van der Waals surface area contributed by atoms with Gasteiger partial charge < -0.3 is 15.0 Å². The van der Waals surface area contributed by atoms with Crippen molar-refractivity contribution in [3.05, 3.63) is 72.8 Å². The summed E-state index contributed by atoms with van der Waals surface area (Å²) in [7, 11) is 0. The Labute approximate surface area is 184 Å². The molecule has 0 aliphatic carbocycles. The lowest BCUT2D eigenvalue weighted by Crippen LogP contribution is -2.44. The number of ether oxygens (including phenoxy) is 1. The van der Waals surface area contributed by atoms with Gasteiger partial charge in [-0.25, -0.2) is 0 Å². The Balaban J connectivity index is 1.17. The number of rotatable bonds is 7. The molecule has 4 heterocycles. The molecule has 1 fully saturated rings. The van der Waals surface area contributed by atoms with Crippen molar-refractivity contribution in [2.24, 2.45) is 0 Å². The lowest BCUT2D eigenvalue weighted by molar-refractivity contribution is 0.175. The molecule has 31 heavy (non-hydrogen) atoms. The molecular weight excluding hydrogens is 386 g/mol. The van der Waals surface area contributed by atoms with E-state index in [2.05, 4.69) is 73.6 Å². The van der Waals surface area contributed by atoms with Gasteiger partial charge in [0.2, 0.25) is 0 Å². The van der Waals surface area contributed by atoms with E-state index in [0.29, 0.717) is 0 Å². The van der Waals surface area contributed by atoms with Gasteiger partial charge in [0, 0.05) is 56.5 Å². The van der Waals surface area contributed by atoms with Crippen LogP contribution in [0.3, 0.4) is 0 Å². The first-order chi connectivity index (χ1) is 15.3. The third kappa shape index (κ3) is 4.92. The number of allylic oxidation sites excluding steroid dienone is 4. The highest BCUT2D eigenvalue weighted by molar-refractivity contribution is 5.83. The molecular formula is C25H31N5O. The molecule has 0 amide bonds. The summed E-state index contributed by atoms with van der Waals surface area (Å²) in [4.78, 5) is 4.80. The van der Waals surface area contributed by atoms with Crippen LogP contribution in [0, 0.1) is 0 Å². The van der Waals surface area contributed by atoms with Crippen LogP contribution in [0.5, 0.6) is 0 Å². The van der Waals surface area contributed by atoms with Gasteiger partial charge in [0.15, 0.2) is 0 Å². The van der Waals surface area contributed by atoms with Gasteiger partial charge in [0.1, 0.15) is 6.10 Å². The van der Waals surface area contributed by atoms with Crippen LogP contribution >= 0.6 is 0 Å². The van der Waals surface area contributed by atoms with Crippen LogP contribution in [0.4, 0.5) is 5.69 Å². The summed E-state index contributed by atoms with van der Waals surface area (Å²) in [5.41, 5.74) is 3.81. The minimum Gasteiger partial charge on any atom is -0.494 e. The molecule has 3 aliphatic heterocycles. The molecule has 1 N–H and O–H groups in total. The van der Waals surface area contributed by atoms with E-state index < -0.39 is 0 Å². The highest BCUT2D eigenvalue weighted by atomic mass is 16.5. The van der Waals surface area contributed by atoms with Gasteiger partial charge in [-0.3, -0.25) is 9.58 Å². The Hall–Kier alpha value is -2.83. The zero-order valence-electron chi connectivity index (χ0n) is 18.0. The summed E-state index contributed by atoms with van der Waals surface area (Å²) in [6.45, 7) is 7.32. The summed E-state index contributed by atoms with van der Waals surface area (Å²) < 4.78 is 7.75. The normalized spacial score (nSPS) is 21.5. The van der Waals surface area contributed by atoms with Crippen molar-refractivity contribution in [3.8, 4) is 0 Å². The largest absolute Gasteiger partial charge is 0.494 e. The van der Waals surface area contributed by atoms with E-state index >= 15 is 0 Å². The molecule has 6 nitrogen and oxygen atoms in total. The Morgan fingerprint density at radius 2 is 2.06 bits per heavy atom. The fourth-order valence-corrected chi connectivity index (χ4v) is 4.41. The first-order valence-electron chi connectivity index (χ1n) is 11.4. The van der Waals surface area contributed by atoms with Crippen molar-refractivity contribution in [3.63, 3.8) is 0 Å². The number of anilines is 1. The second-order valence-corrected chi connectivity index (χ2v) is 8.38. The van der Waals surface area contributed by atoms with E-state index in [0.717, 1.165) is 58.7 Å². The lowest BCUT2D eigenvalue weighted by atomic mass is 10.0. The minimum atomic E-state index is 0.197. The van der Waals surface area contributed by atoms with Crippen molar-refractivity contribution in [1.29, 1.82) is 0 Å². The number of piperazine rings is 1. The molecule has 5 rings (SSSR count). The van der Waals surface area contributed by atoms with Gasteiger partial charge in [-0.2, -0.15) is 5.10 Å². The Bertz CT molecular complexity index is 1010. The van der Waals surface area contributed by atoms with Gasteiger partial charge in [-0.05, 0) is 54.8 Å². The zero-order valence-corrected chi connectivity index (χ0v) is 18.0. The first kappa shape index (κ1) is 20.1. The monoisotopic (exact) mass is 417 g/mol. The summed E-state index contributed by atoms with van der Waals surface area (Å²) in [6, 6.07) is 6.67. The number of benzene rings is 1. The number of fused-ring (bicyclic) bond motifs is 1. The molecule has 1 aromatic carbocycles. The summed E-state index contributed by atoms with van der Waals surface area (Å²) >= 11 is 0. The number of hydrogen-bond acceptors (Lipinski definition) is 5. The van der Waals surface area contributed by atoms with Gasteiger partial charge in [0.25, 0.3) is 0 Å². The maximum Gasteiger partial charge on any atom is 0.117 e. The highest BCUT2D eigenvalue weighted by Gasteiger charge is 2.13. The van der Waals surface area contributed by atoms with Crippen molar-refractivity contribution in [1.82, 2.24) is 20.0 Å². The highest BCUT2D eigenvalue weighted by Crippen LogP contribution is 2.25. The topological polar surface area (TPSA) is 45.6 Å². The number of aromatic nitrogens is 2. The van der Waals surface area contributed by atoms with Crippen LogP contribution in [-0.4, -0.2) is 60.1 Å². The van der Waals surface area contributed by atoms with Crippen LogP contribution in [0.25, 0.3) is 10.9 Å². The quantitative estimate of drug-likeness (QED) is 0.748. The van der Waals surface area contributed by atoms with Crippen LogP contribution < -0.4 is 10.2 Å². The Kier molecular flexibility index (Phi) is 6.18. The molecule has 162 valence electrons. The smallest absolute Gasteiger partial charge is 0.117 e. The van der Waals surface area contributed by atoms with Crippen LogP contribution in [0.1, 0.15) is 12.8 Å². The fraction of sp³-hybridized carbons (Fsp3) is 0.400. The number of nitrogens with zero attached hydrogens (tertiary/aromatic N) is 4. The fourth-order valence-electron chi connectivity index (χ4n) is 4.41. The summed E-state index contributed by atoms with van der Waals surface area (Å²) in [5, 5.41) is 9.27. The van der Waals surface area contributed by atoms with Crippen LogP contribution in [-0.2, 0) is 11.3 Å². The SMILES string of the molecule is C1=COC(CCC2=CCN(c3ccc4c(cnn4CCN4CCNCC4)c3)C=C2)C=C1. The van der Waals surface area contributed by atoms with Gasteiger partial charge in [-0.1, -0.05) is 12.2 Å². The Morgan fingerprint density at radius 3 is 2.87 bits per heavy atom. The summed E-state index contributed by atoms with van der Waals surface area (Å²) in [6.07, 6.45) is 18.9.